The van der Waals surface area contributed by atoms with Gasteiger partial charge in [0.25, 0.3) is 0 Å². The molecule has 0 spiro atoms. The molecule has 0 unspecified atom stereocenters. The van der Waals surface area contributed by atoms with E-state index in [0.29, 0.717) is 0 Å². The predicted molar refractivity (Wildman–Crippen MR) is 97.9 cm³/mol. The van der Waals surface area contributed by atoms with Gasteiger partial charge in [0.2, 0.25) is 5.91 Å². The van der Waals surface area contributed by atoms with Crippen molar-refractivity contribution in [3.05, 3.63) is 64.4 Å². The third kappa shape index (κ3) is 5.03. The van der Waals surface area contributed by atoms with Crippen molar-refractivity contribution >= 4 is 23.3 Å². The first-order valence-electron chi connectivity index (χ1n) is 8.18. The van der Waals surface area contributed by atoms with Gasteiger partial charge >= 0.3 is 0 Å². The van der Waals surface area contributed by atoms with Crippen LogP contribution in [0.5, 0.6) is 0 Å². The van der Waals surface area contributed by atoms with Gasteiger partial charge in [-0.05, 0) is 23.1 Å². The minimum atomic E-state index is -0.0643. The van der Waals surface area contributed by atoms with E-state index in [9.17, 15) is 4.79 Å². The molecule has 1 saturated heterocycles. The van der Waals surface area contributed by atoms with E-state index in [1.807, 2.05) is 41.8 Å². The number of thiophene rings is 1. The predicted octanol–water partition coefficient (Wildman–Crippen LogP) is 2.95. The summed E-state index contributed by atoms with van der Waals surface area (Å²) in [5, 5.41) is 5.14. The van der Waals surface area contributed by atoms with Crippen LogP contribution in [0, 0.1) is 0 Å². The lowest BCUT2D eigenvalue weighted by Gasteiger charge is -2.31. The van der Waals surface area contributed by atoms with Gasteiger partial charge in [0, 0.05) is 30.6 Å². The number of morpholine rings is 1. The Kier molecular flexibility index (Phi) is 6.18. The van der Waals surface area contributed by atoms with E-state index < -0.39 is 0 Å². The smallest absolute Gasteiger partial charge is 0.244 e. The second kappa shape index (κ2) is 8.78. The fourth-order valence-electron chi connectivity index (χ4n) is 2.73. The average molecular weight is 342 g/mol. The summed E-state index contributed by atoms with van der Waals surface area (Å²) in [7, 11) is 0. The summed E-state index contributed by atoms with van der Waals surface area (Å²) >= 11 is 1.62. The van der Waals surface area contributed by atoms with Crippen LogP contribution >= 0.6 is 11.3 Å². The van der Waals surface area contributed by atoms with Crippen molar-refractivity contribution in [1.82, 2.24) is 10.2 Å². The van der Waals surface area contributed by atoms with Crippen LogP contribution in [0.2, 0.25) is 0 Å². The number of carbonyl (C=O) groups excluding carboxylic acids is 1. The SMILES string of the molecule is O=C(/C=C/c1cccs1)N[C@H](CN1CCOCC1)c1ccccc1. The summed E-state index contributed by atoms with van der Waals surface area (Å²) in [6, 6.07) is 14.1. The van der Waals surface area contributed by atoms with Gasteiger partial charge in [0.15, 0.2) is 0 Å². The lowest BCUT2D eigenvalue weighted by molar-refractivity contribution is -0.117. The lowest BCUT2D eigenvalue weighted by atomic mass is 10.1. The molecule has 1 atom stereocenters. The second-order valence-corrected chi connectivity index (χ2v) is 6.71. The molecular weight excluding hydrogens is 320 g/mol. The number of nitrogens with one attached hydrogen (secondary N) is 1. The van der Waals surface area contributed by atoms with Gasteiger partial charge in [-0.3, -0.25) is 9.69 Å². The van der Waals surface area contributed by atoms with Crippen LogP contribution in [0.15, 0.2) is 53.9 Å². The van der Waals surface area contributed by atoms with E-state index in [-0.39, 0.29) is 11.9 Å². The molecule has 4 nitrogen and oxygen atoms in total. The van der Waals surface area contributed by atoms with E-state index in [1.165, 1.54) is 0 Å². The molecule has 0 radical (unpaired) electrons. The van der Waals surface area contributed by atoms with E-state index in [1.54, 1.807) is 17.4 Å². The first-order valence-corrected chi connectivity index (χ1v) is 9.06. The number of ether oxygens (including phenoxy) is 1. The zero-order valence-corrected chi connectivity index (χ0v) is 14.4. The number of benzene rings is 1. The van der Waals surface area contributed by atoms with Crippen molar-refractivity contribution in [3.63, 3.8) is 0 Å². The van der Waals surface area contributed by atoms with Gasteiger partial charge in [-0.25, -0.2) is 0 Å². The van der Waals surface area contributed by atoms with Crippen LogP contribution in [0.1, 0.15) is 16.5 Å². The monoisotopic (exact) mass is 342 g/mol. The number of rotatable bonds is 6. The van der Waals surface area contributed by atoms with Crippen LogP contribution in [0.4, 0.5) is 0 Å². The summed E-state index contributed by atoms with van der Waals surface area (Å²) in [4.78, 5) is 15.7. The van der Waals surface area contributed by atoms with Crippen LogP contribution in [0.25, 0.3) is 6.08 Å². The van der Waals surface area contributed by atoms with Gasteiger partial charge in [-0.2, -0.15) is 0 Å². The zero-order chi connectivity index (χ0) is 16.6. The Morgan fingerprint density at radius 2 is 2.00 bits per heavy atom. The van der Waals surface area contributed by atoms with Crippen molar-refractivity contribution in [2.24, 2.45) is 0 Å². The minimum Gasteiger partial charge on any atom is -0.379 e. The van der Waals surface area contributed by atoms with Crippen molar-refractivity contribution < 1.29 is 9.53 Å². The maximum absolute atomic E-state index is 12.3. The third-order valence-corrected chi connectivity index (χ3v) is 4.84. The molecule has 0 aliphatic carbocycles. The molecule has 1 aliphatic rings. The molecule has 1 amide bonds. The third-order valence-electron chi connectivity index (χ3n) is 4.01. The molecule has 1 aliphatic heterocycles. The fourth-order valence-corrected chi connectivity index (χ4v) is 3.34. The average Bonchev–Trinajstić information content (AvgIpc) is 3.15. The number of hydrogen-bond donors (Lipinski definition) is 1. The molecule has 0 bridgehead atoms. The Morgan fingerprint density at radius 3 is 2.71 bits per heavy atom. The van der Waals surface area contributed by atoms with Crippen LogP contribution in [-0.4, -0.2) is 43.7 Å². The van der Waals surface area contributed by atoms with Gasteiger partial charge in [0.1, 0.15) is 0 Å². The first kappa shape index (κ1) is 16.9. The van der Waals surface area contributed by atoms with Gasteiger partial charge < -0.3 is 10.1 Å². The molecule has 0 saturated carbocycles. The van der Waals surface area contributed by atoms with Crippen molar-refractivity contribution in [2.45, 2.75) is 6.04 Å². The molecule has 1 aromatic heterocycles. The van der Waals surface area contributed by atoms with Crippen molar-refractivity contribution in [1.29, 1.82) is 0 Å². The molecule has 1 fully saturated rings. The normalized spacial score (nSPS) is 17.0. The summed E-state index contributed by atoms with van der Waals surface area (Å²) in [5.74, 6) is -0.0643. The van der Waals surface area contributed by atoms with Crippen LogP contribution < -0.4 is 5.32 Å². The topological polar surface area (TPSA) is 41.6 Å². The lowest BCUT2D eigenvalue weighted by Crippen LogP contribution is -2.42. The van der Waals surface area contributed by atoms with Gasteiger partial charge in [0.05, 0.1) is 19.3 Å². The largest absolute Gasteiger partial charge is 0.379 e. The summed E-state index contributed by atoms with van der Waals surface area (Å²) in [6.45, 7) is 4.13. The Hall–Kier alpha value is -1.95. The molecule has 126 valence electrons. The van der Waals surface area contributed by atoms with E-state index >= 15 is 0 Å². The number of hydrogen-bond acceptors (Lipinski definition) is 4. The Bertz CT molecular complexity index is 649. The molecule has 2 aromatic rings. The molecule has 5 heteroatoms. The summed E-state index contributed by atoms with van der Waals surface area (Å²) < 4.78 is 5.41. The molecule has 3 rings (SSSR count). The second-order valence-electron chi connectivity index (χ2n) is 5.73. The highest BCUT2D eigenvalue weighted by Crippen LogP contribution is 2.16. The minimum absolute atomic E-state index is 0.0233. The maximum Gasteiger partial charge on any atom is 0.244 e. The number of amides is 1. The summed E-state index contributed by atoms with van der Waals surface area (Å²) in [6.07, 6.45) is 3.47. The Balaban J connectivity index is 1.66. The van der Waals surface area contributed by atoms with Crippen LogP contribution in [0.3, 0.4) is 0 Å². The Labute approximate surface area is 146 Å². The highest BCUT2D eigenvalue weighted by atomic mass is 32.1. The van der Waals surface area contributed by atoms with E-state index in [0.717, 1.165) is 43.3 Å². The molecule has 1 aromatic carbocycles. The van der Waals surface area contributed by atoms with E-state index in [2.05, 4.69) is 22.3 Å². The van der Waals surface area contributed by atoms with Crippen LogP contribution in [-0.2, 0) is 9.53 Å². The maximum atomic E-state index is 12.3. The fraction of sp³-hybridized carbons (Fsp3) is 0.316. The summed E-state index contributed by atoms with van der Waals surface area (Å²) in [5.41, 5.74) is 1.13. The van der Waals surface area contributed by atoms with Crippen molar-refractivity contribution in [3.8, 4) is 0 Å². The van der Waals surface area contributed by atoms with E-state index in [4.69, 9.17) is 4.74 Å². The molecule has 24 heavy (non-hydrogen) atoms. The highest BCUT2D eigenvalue weighted by molar-refractivity contribution is 7.10. The quantitative estimate of drug-likeness (QED) is 0.821. The molecular formula is C19H22N2O2S. The highest BCUT2D eigenvalue weighted by Gasteiger charge is 2.19. The molecule has 2 heterocycles. The zero-order valence-electron chi connectivity index (χ0n) is 13.6. The number of carbonyl (C=O) groups is 1. The van der Waals surface area contributed by atoms with Gasteiger partial charge in [-0.1, -0.05) is 36.4 Å². The molecule has 1 N–H and O–H groups in total. The van der Waals surface area contributed by atoms with Gasteiger partial charge in [-0.15, -0.1) is 11.3 Å². The van der Waals surface area contributed by atoms with Crippen molar-refractivity contribution in [2.75, 3.05) is 32.8 Å². The standard InChI is InChI=1S/C19H22N2O2S/c22-19(9-8-17-7-4-14-24-17)20-18(16-5-2-1-3-6-16)15-21-10-12-23-13-11-21/h1-9,14,18H,10-13,15H2,(H,20,22)/b9-8+/t18-/m1/s1. The first-order chi connectivity index (χ1) is 11.8. The number of nitrogens with zero attached hydrogens (tertiary/aromatic N) is 1. The Morgan fingerprint density at radius 1 is 1.21 bits per heavy atom.